The molecular formula is C14H23N3O. The molecular weight excluding hydrogens is 226 g/mol. The molecule has 0 amide bonds. The molecule has 1 atom stereocenters. The molecule has 0 aliphatic rings. The van der Waals surface area contributed by atoms with E-state index < -0.39 is 0 Å². The SMILES string of the molecule is CC(C)C(CCN)CCC(=O)c1cnccc1N. The van der Waals surface area contributed by atoms with Gasteiger partial charge in [0, 0.05) is 24.5 Å². The number of hydrogen-bond acceptors (Lipinski definition) is 4. The lowest BCUT2D eigenvalue weighted by Crippen LogP contribution is -2.16. The number of aromatic nitrogens is 1. The first-order valence-electron chi connectivity index (χ1n) is 6.49. The average Bonchev–Trinajstić information content (AvgIpc) is 2.34. The van der Waals surface area contributed by atoms with Gasteiger partial charge in [-0.25, -0.2) is 0 Å². The third kappa shape index (κ3) is 4.11. The van der Waals surface area contributed by atoms with E-state index in [1.165, 1.54) is 0 Å². The molecule has 1 unspecified atom stereocenters. The summed E-state index contributed by atoms with van der Waals surface area (Å²) < 4.78 is 0. The van der Waals surface area contributed by atoms with Crippen molar-refractivity contribution in [3.63, 3.8) is 0 Å². The molecule has 0 spiro atoms. The lowest BCUT2D eigenvalue weighted by atomic mass is 9.87. The van der Waals surface area contributed by atoms with E-state index in [1.807, 2.05) is 0 Å². The van der Waals surface area contributed by atoms with E-state index in [0.717, 1.165) is 12.8 Å². The van der Waals surface area contributed by atoms with Gasteiger partial charge < -0.3 is 11.5 Å². The molecule has 4 heteroatoms. The van der Waals surface area contributed by atoms with Crippen LogP contribution in [-0.2, 0) is 0 Å². The lowest BCUT2D eigenvalue weighted by molar-refractivity contribution is 0.0969. The average molecular weight is 249 g/mol. The zero-order chi connectivity index (χ0) is 13.5. The summed E-state index contributed by atoms with van der Waals surface area (Å²) in [5.74, 6) is 1.12. The molecule has 100 valence electrons. The molecule has 0 bridgehead atoms. The maximum Gasteiger partial charge on any atom is 0.166 e. The molecule has 0 saturated heterocycles. The highest BCUT2D eigenvalue weighted by Gasteiger charge is 2.16. The van der Waals surface area contributed by atoms with Crippen molar-refractivity contribution in [1.82, 2.24) is 4.98 Å². The topological polar surface area (TPSA) is 82.0 Å². The van der Waals surface area contributed by atoms with E-state index in [9.17, 15) is 4.79 Å². The Morgan fingerprint density at radius 2 is 2.11 bits per heavy atom. The van der Waals surface area contributed by atoms with Crippen LogP contribution in [0.1, 0.15) is 43.5 Å². The first-order valence-corrected chi connectivity index (χ1v) is 6.49. The van der Waals surface area contributed by atoms with Gasteiger partial charge >= 0.3 is 0 Å². The Morgan fingerprint density at radius 1 is 1.39 bits per heavy atom. The first-order chi connectivity index (χ1) is 8.56. The maximum atomic E-state index is 12.0. The smallest absolute Gasteiger partial charge is 0.166 e. The number of pyridine rings is 1. The van der Waals surface area contributed by atoms with Crippen molar-refractivity contribution in [2.75, 3.05) is 12.3 Å². The number of carbonyl (C=O) groups is 1. The van der Waals surface area contributed by atoms with Crippen molar-refractivity contribution in [1.29, 1.82) is 0 Å². The van der Waals surface area contributed by atoms with Crippen LogP contribution in [0.5, 0.6) is 0 Å². The van der Waals surface area contributed by atoms with Gasteiger partial charge in [-0.3, -0.25) is 9.78 Å². The molecule has 18 heavy (non-hydrogen) atoms. The Morgan fingerprint density at radius 3 is 2.67 bits per heavy atom. The zero-order valence-corrected chi connectivity index (χ0v) is 11.2. The minimum absolute atomic E-state index is 0.0725. The second-order valence-corrected chi connectivity index (χ2v) is 5.01. The molecule has 1 rings (SSSR count). The van der Waals surface area contributed by atoms with E-state index in [2.05, 4.69) is 18.8 Å². The second kappa shape index (κ2) is 7.11. The van der Waals surface area contributed by atoms with E-state index in [0.29, 0.717) is 36.1 Å². The van der Waals surface area contributed by atoms with Crippen LogP contribution in [0.4, 0.5) is 5.69 Å². The Balaban J connectivity index is 2.58. The van der Waals surface area contributed by atoms with Gasteiger partial charge in [0.2, 0.25) is 0 Å². The quantitative estimate of drug-likeness (QED) is 0.726. The van der Waals surface area contributed by atoms with Crippen LogP contribution in [0.25, 0.3) is 0 Å². The van der Waals surface area contributed by atoms with Crippen LogP contribution >= 0.6 is 0 Å². The predicted octanol–water partition coefficient (Wildman–Crippen LogP) is 2.25. The van der Waals surface area contributed by atoms with Crippen LogP contribution in [0.15, 0.2) is 18.5 Å². The van der Waals surface area contributed by atoms with Crippen molar-refractivity contribution < 1.29 is 4.79 Å². The third-order valence-electron chi connectivity index (χ3n) is 3.38. The molecule has 0 saturated carbocycles. The second-order valence-electron chi connectivity index (χ2n) is 5.01. The number of nitrogens with zero attached hydrogens (tertiary/aromatic N) is 1. The fourth-order valence-corrected chi connectivity index (χ4v) is 2.11. The number of hydrogen-bond donors (Lipinski definition) is 2. The van der Waals surface area contributed by atoms with Gasteiger partial charge in [-0.2, -0.15) is 0 Å². The number of ketones is 1. The predicted molar refractivity (Wildman–Crippen MR) is 74.2 cm³/mol. The fraction of sp³-hybridized carbons (Fsp3) is 0.571. The summed E-state index contributed by atoms with van der Waals surface area (Å²) in [5.41, 5.74) is 12.4. The van der Waals surface area contributed by atoms with Gasteiger partial charge in [0.05, 0.1) is 5.56 Å². The highest BCUT2D eigenvalue weighted by molar-refractivity contribution is 6.00. The van der Waals surface area contributed by atoms with Crippen LogP contribution in [0, 0.1) is 11.8 Å². The van der Waals surface area contributed by atoms with Crippen LogP contribution in [0.2, 0.25) is 0 Å². The largest absolute Gasteiger partial charge is 0.398 e. The van der Waals surface area contributed by atoms with Gasteiger partial charge in [0.25, 0.3) is 0 Å². The monoisotopic (exact) mass is 249 g/mol. The normalized spacial score (nSPS) is 12.7. The molecule has 0 aliphatic carbocycles. The Kier molecular flexibility index (Phi) is 5.78. The number of Topliss-reactive ketones (excluding diaryl/α,β-unsaturated/α-hetero) is 1. The molecule has 0 fully saturated rings. The summed E-state index contributed by atoms with van der Waals surface area (Å²) in [6.07, 6.45) is 5.48. The van der Waals surface area contributed by atoms with Gasteiger partial charge in [-0.15, -0.1) is 0 Å². The van der Waals surface area contributed by atoms with E-state index in [4.69, 9.17) is 11.5 Å². The molecule has 1 aromatic heterocycles. The molecule has 0 radical (unpaired) electrons. The Bertz CT molecular complexity index is 390. The molecule has 0 aliphatic heterocycles. The Hall–Kier alpha value is -1.42. The summed E-state index contributed by atoms with van der Waals surface area (Å²) in [4.78, 5) is 16.0. The van der Waals surface area contributed by atoms with Gasteiger partial charge in [0.1, 0.15) is 0 Å². The van der Waals surface area contributed by atoms with Crippen molar-refractivity contribution >= 4 is 11.5 Å². The standard InChI is InChI=1S/C14H23N3O/c1-10(2)11(5-7-15)3-4-14(18)12-9-17-8-6-13(12)16/h6,8-11H,3-5,7,15H2,1-2H3,(H2,16,17). The molecule has 1 heterocycles. The first kappa shape index (κ1) is 14.6. The highest BCUT2D eigenvalue weighted by Crippen LogP contribution is 2.22. The van der Waals surface area contributed by atoms with Crippen LogP contribution in [0.3, 0.4) is 0 Å². The van der Waals surface area contributed by atoms with Crippen molar-refractivity contribution in [2.45, 2.75) is 33.1 Å². The number of rotatable bonds is 7. The molecule has 4 N–H and O–H groups in total. The number of nitrogen functional groups attached to an aromatic ring is 1. The summed E-state index contributed by atoms with van der Waals surface area (Å²) in [6.45, 7) is 5.01. The van der Waals surface area contributed by atoms with Crippen molar-refractivity contribution in [3.8, 4) is 0 Å². The lowest BCUT2D eigenvalue weighted by Gasteiger charge is -2.19. The van der Waals surface area contributed by atoms with Crippen molar-refractivity contribution in [3.05, 3.63) is 24.0 Å². The van der Waals surface area contributed by atoms with E-state index >= 15 is 0 Å². The van der Waals surface area contributed by atoms with E-state index in [-0.39, 0.29) is 5.78 Å². The minimum Gasteiger partial charge on any atom is -0.398 e. The number of carbonyl (C=O) groups excluding carboxylic acids is 1. The molecule has 1 aromatic rings. The van der Waals surface area contributed by atoms with Crippen LogP contribution in [-0.4, -0.2) is 17.3 Å². The van der Waals surface area contributed by atoms with Crippen molar-refractivity contribution in [2.24, 2.45) is 17.6 Å². The summed E-state index contributed by atoms with van der Waals surface area (Å²) in [5, 5.41) is 0. The summed E-state index contributed by atoms with van der Waals surface area (Å²) in [7, 11) is 0. The molecule has 4 nitrogen and oxygen atoms in total. The van der Waals surface area contributed by atoms with E-state index in [1.54, 1.807) is 18.5 Å². The number of nitrogens with two attached hydrogens (primary N) is 2. The summed E-state index contributed by atoms with van der Waals surface area (Å²) in [6, 6.07) is 1.66. The van der Waals surface area contributed by atoms with Gasteiger partial charge in [0.15, 0.2) is 5.78 Å². The number of anilines is 1. The fourth-order valence-electron chi connectivity index (χ4n) is 2.11. The highest BCUT2D eigenvalue weighted by atomic mass is 16.1. The minimum atomic E-state index is 0.0725. The van der Waals surface area contributed by atoms with Crippen LogP contribution < -0.4 is 11.5 Å². The van der Waals surface area contributed by atoms with Gasteiger partial charge in [-0.1, -0.05) is 13.8 Å². The molecule has 0 aromatic carbocycles. The summed E-state index contributed by atoms with van der Waals surface area (Å²) >= 11 is 0. The van der Waals surface area contributed by atoms with Gasteiger partial charge in [-0.05, 0) is 37.3 Å². The third-order valence-corrected chi connectivity index (χ3v) is 3.38. The maximum absolute atomic E-state index is 12.0. The zero-order valence-electron chi connectivity index (χ0n) is 11.2. The Labute approximate surface area is 109 Å².